The molecule has 4 aliphatic rings. The van der Waals surface area contributed by atoms with Gasteiger partial charge in [-0.15, -0.1) is 0 Å². The van der Waals surface area contributed by atoms with Crippen molar-refractivity contribution >= 4 is 48.7 Å². The van der Waals surface area contributed by atoms with Crippen LogP contribution >= 0.6 is 19.6 Å². The normalized spacial score (nSPS) is 16.0. The number of halogens is 4. The first-order valence-corrected chi connectivity index (χ1v) is 14.7. The van der Waals surface area contributed by atoms with Gasteiger partial charge in [-0.25, -0.2) is 9.97 Å². The lowest BCUT2D eigenvalue weighted by molar-refractivity contribution is -0.137. The topological polar surface area (TPSA) is 136 Å². The number of carbonyl (C=O) groups excluding carboxylic acids is 1. The zero-order valence-corrected chi connectivity index (χ0v) is 23.9. The van der Waals surface area contributed by atoms with E-state index in [0.29, 0.717) is 54.7 Å². The number of rotatable bonds is 1. The number of alkyl halides is 3. The Hall–Kier alpha value is -4.00. The van der Waals surface area contributed by atoms with E-state index < -0.39 is 31.5 Å². The van der Waals surface area contributed by atoms with Crippen molar-refractivity contribution in [1.29, 1.82) is 0 Å². The molecule has 220 valence electrons. The van der Waals surface area contributed by atoms with Crippen LogP contribution in [0.1, 0.15) is 34.5 Å². The van der Waals surface area contributed by atoms with Crippen molar-refractivity contribution in [1.82, 2.24) is 30.0 Å². The van der Waals surface area contributed by atoms with Crippen LogP contribution in [0.15, 0.2) is 48.9 Å². The lowest BCUT2D eigenvalue weighted by Crippen LogP contribution is -2.21. The number of aromatic nitrogens is 5. The second-order valence-corrected chi connectivity index (χ2v) is 11.1. The second kappa shape index (κ2) is 12.5. The van der Waals surface area contributed by atoms with E-state index in [0.717, 1.165) is 0 Å². The van der Waals surface area contributed by atoms with Crippen LogP contribution in [0.5, 0.6) is 0 Å². The summed E-state index contributed by atoms with van der Waals surface area (Å²) >= 11 is 6.40. The summed E-state index contributed by atoms with van der Waals surface area (Å²) in [4.78, 5) is 25.0. The molecule has 0 saturated heterocycles. The van der Waals surface area contributed by atoms with Gasteiger partial charge in [0.05, 0.1) is 34.9 Å². The van der Waals surface area contributed by atoms with Crippen molar-refractivity contribution in [2.45, 2.75) is 31.7 Å². The second-order valence-electron chi connectivity index (χ2n) is 9.29. The number of hydrogen-bond acceptors (Lipinski definition) is 9. The third kappa shape index (κ3) is 6.89. The number of pyridine rings is 1. The summed E-state index contributed by atoms with van der Waals surface area (Å²) in [7, 11) is -0.981. The predicted molar refractivity (Wildman–Crippen MR) is 152 cm³/mol. The first-order valence-electron chi connectivity index (χ1n) is 12.8. The average molecular weight is 621 g/mol. The van der Waals surface area contributed by atoms with E-state index >= 15 is 0 Å². The van der Waals surface area contributed by atoms with Crippen LogP contribution < -0.4 is 16.0 Å². The molecule has 8 bridgehead atoms. The molecule has 7 heterocycles. The fourth-order valence-corrected chi connectivity index (χ4v) is 5.45. The molecule has 0 aliphatic carbocycles. The van der Waals surface area contributed by atoms with Gasteiger partial charge in [-0.1, -0.05) is 17.7 Å². The molecule has 1 atom stereocenters. The van der Waals surface area contributed by atoms with Gasteiger partial charge in [0.1, 0.15) is 11.4 Å². The zero-order chi connectivity index (χ0) is 29.9. The number of amides is 1. The van der Waals surface area contributed by atoms with E-state index in [1.807, 2.05) is 0 Å². The van der Waals surface area contributed by atoms with Crippen LogP contribution in [0.3, 0.4) is 0 Å². The van der Waals surface area contributed by atoms with Crippen LogP contribution in [-0.4, -0.2) is 44.3 Å². The average Bonchev–Trinajstić information content (AvgIpc) is 3.42. The molecule has 11 nitrogen and oxygen atoms in total. The SMILES string of the molecule is CNC(=O)c1nc2ccc1Nc1nc(ncc1C(F)(F)F)Nc1ccc(cc1Cl)C[PH](=O)OCCCCn1cc-2cn1. The monoisotopic (exact) mass is 620 g/mol. The molecule has 8 rings (SSSR count). The minimum Gasteiger partial charge on any atom is -0.354 e. The minimum atomic E-state index is -4.81. The third-order valence-corrected chi connectivity index (χ3v) is 7.82. The maximum absolute atomic E-state index is 13.9. The van der Waals surface area contributed by atoms with Gasteiger partial charge < -0.3 is 20.5 Å². The maximum atomic E-state index is 13.9. The molecule has 0 spiro atoms. The Morgan fingerprint density at radius 2 is 1.93 bits per heavy atom. The molecule has 0 radical (unpaired) electrons. The lowest BCUT2D eigenvalue weighted by atomic mass is 10.1. The first kappa shape index (κ1) is 29.5. The van der Waals surface area contributed by atoms with Gasteiger partial charge in [0.2, 0.25) is 5.95 Å². The van der Waals surface area contributed by atoms with E-state index in [2.05, 4.69) is 36.0 Å². The van der Waals surface area contributed by atoms with Gasteiger partial charge in [-0.05, 0) is 42.7 Å². The largest absolute Gasteiger partial charge is 0.421 e. The Bertz CT molecular complexity index is 1650. The smallest absolute Gasteiger partial charge is 0.354 e. The summed E-state index contributed by atoms with van der Waals surface area (Å²) in [6.07, 6.45) is 0.697. The zero-order valence-electron chi connectivity index (χ0n) is 22.1. The van der Waals surface area contributed by atoms with Gasteiger partial charge in [0.25, 0.3) is 5.91 Å². The Balaban J connectivity index is 1.58. The molecule has 1 aromatic carbocycles. The summed E-state index contributed by atoms with van der Waals surface area (Å²) in [5.74, 6) is -1.41. The van der Waals surface area contributed by atoms with Crippen LogP contribution in [0.4, 0.5) is 36.3 Å². The number of hydrogen-bond donors (Lipinski definition) is 3. The highest BCUT2D eigenvalue weighted by atomic mass is 35.5. The summed E-state index contributed by atoms with van der Waals surface area (Å²) in [5, 5.41) is 12.4. The summed E-state index contributed by atoms with van der Waals surface area (Å²) in [5.41, 5.74) is 0.692. The van der Waals surface area contributed by atoms with Crippen LogP contribution in [-0.2, 0) is 28.0 Å². The molecule has 42 heavy (non-hydrogen) atoms. The predicted octanol–water partition coefficient (Wildman–Crippen LogP) is 6.04. The molecule has 3 N–H and O–H groups in total. The Morgan fingerprint density at radius 3 is 2.69 bits per heavy atom. The van der Waals surface area contributed by atoms with Crippen molar-refractivity contribution in [3.05, 3.63) is 70.8 Å². The summed E-state index contributed by atoms with van der Waals surface area (Å²) in [6.45, 7) is 0.880. The Morgan fingerprint density at radius 1 is 1.12 bits per heavy atom. The van der Waals surface area contributed by atoms with Crippen molar-refractivity contribution in [3.8, 4) is 11.3 Å². The van der Waals surface area contributed by atoms with E-state index in [1.165, 1.54) is 13.1 Å². The van der Waals surface area contributed by atoms with Gasteiger partial charge in [0, 0.05) is 37.7 Å². The summed E-state index contributed by atoms with van der Waals surface area (Å²) in [6, 6.07) is 7.86. The fourth-order valence-electron chi connectivity index (χ4n) is 4.17. The molecule has 4 aromatic rings. The number of carbonyl (C=O) groups is 1. The molecular formula is C26H25ClF3N8O3P. The number of aryl methyl sites for hydroxylation is 1. The van der Waals surface area contributed by atoms with Crippen molar-refractivity contribution < 1.29 is 27.1 Å². The number of anilines is 4. The Kier molecular flexibility index (Phi) is 8.76. The van der Waals surface area contributed by atoms with Crippen LogP contribution in [0.2, 0.25) is 5.02 Å². The molecule has 4 aliphatic heterocycles. The van der Waals surface area contributed by atoms with Crippen molar-refractivity contribution in [3.63, 3.8) is 0 Å². The molecular weight excluding hydrogens is 596 g/mol. The van der Waals surface area contributed by atoms with Crippen LogP contribution in [0, 0.1) is 0 Å². The minimum absolute atomic E-state index is 0.00311. The fraction of sp³-hybridized carbons (Fsp3) is 0.269. The molecule has 16 heteroatoms. The van der Waals surface area contributed by atoms with Gasteiger partial charge >= 0.3 is 6.18 Å². The summed E-state index contributed by atoms with van der Waals surface area (Å²) < 4.78 is 61.5. The van der Waals surface area contributed by atoms with Crippen molar-refractivity contribution in [2.24, 2.45) is 0 Å². The third-order valence-electron chi connectivity index (χ3n) is 6.29. The maximum Gasteiger partial charge on any atom is 0.421 e. The highest BCUT2D eigenvalue weighted by molar-refractivity contribution is 7.38. The molecule has 0 saturated carbocycles. The van der Waals surface area contributed by atoms with Crippen LogP contribution in [0.25, 0.3) is 11.3 Å². The molecule has 3 aromatic heterocycles. The van der Waals surface area contributed by atoms with E-state index in [1.54, 1.807) is 41.3 Å². The molecule has 1 amide bonds. The Labute approximate surface area is 243 Å². The highest BCUT2D eigenvalue weighted by Gasteiger charge is 2.36. The van der Waals surface area contributed by atoms with Crippen molar-refractivity contribution in [2.75, 3.05) is 24.3 Å². The van der Waals surface area contributed by atoms with E-state index in [4.69, 9.17) is 16.1 Å². The van der Waals surface area contributed by atoms with Gasteiger partial charge in [-0.3, -0.25) is 14.0 Å². The standard InChI is InChI=1S/C26H25ClF3N8O3P/c1-31-24(39)22-21-7-6-19(34-22)16-11-33-38(13-16)8-2-3-9-41-42(40)14-15-4-5-20(18(27)10-15)36-25-32-12-17(26(28,29)30)23(35-21)37-25/h4-7,10-13,42H,2-3,8-9,14H2,1H3,(H,31,39)(H2,32,35,36,37). The van der Waals surface area contributed by atoms with Gasteiger partial charge in [0.15, 0.2) is 13.7 Å². The quantitative estimate of drug-likeness (QED) is 0.218. The molecule has 0 fully saturated rings. The number of benzene rings is 1. The van der Waals surface area contributed by atoms with E-state index in [9.17, 15) is 22.5 Å². The van der Waals surface area contributed by atoms with E-state index in [-0.39, 0.29) is 28.5 Å². The number of nitrogens with one attached hydrogen (secondary N) is 3. The molecule has 1 unspecified atom stereocenters. The first-order chi connectivity index (χ1) is 20.1. The van der Waals surface area contributed by atoms with Gasteiger partial charge in [-0.2, -0.15) is 23.3 Å². The number of nitrogens with zero attached hydrogens (tertiary/aromatic N) is 5. The lowest BCUT2D eigenvalue weighted by Gasteiger charge is -2.17. The highest BCUT2D eigenvalue weighted by Crippen LogP contribution is 2.37.